The van der Waals surface area contributed by atoms with Crippen molar-refractivity contribution in [1.29, 1.82) is 0 Å². The Morgan fingerprint density at radius 2 is 1.33 bits per heavy atom. The quantitative estimate of drug-likeness (QED) is 0.675. The van der Waals surface area contributed by atoms with Crippen molar-refractivity contribution in [2.24, 2.45) is 0 Å². The van der Waals surface area contributed by atoms with Crippen LogP contribution in [0.1, 0.15) is 11.1 Å². The maximum Gasteiger partial charge on any atom is 0.123 e. The molecule has 3 rings (SSSR count). The van der Waals surface area contributed by atoms with Crippen LogP contribution < -0.4 is 0 Å². The Labute approximate surface area is 124 Å². The van der Waals surface area contributed by atoms with Crippen LogP contribution in [0.25, 0.3) is 11.1 Å². The summed E-state index contributed by atoms with van der Waals surface area (Å²) in [5.74, 6) is -0.202. The summed E-state index contributed by atoms with van der Waals surface area (Å²) in [6.45, 7) is 0. The van der Waals surface area contributed by atoms with Crippen molar-refractivity contribution >= 4 is 0 Å². The summed E-state index contributed by atoms with van der Waals surface area (Å²) in [6, 6.07) is 19.1. The van der Waals surface area contributed by atoms with Gasteiger partial charge in [0.25, 0.3) is 0 Å². The molecule has 0 N–H and O–H groups in total. The van der Waals surface area contributed by atoms with Crippen LogP contribution in [0.5, 0.6) is 0 Å². The van der Waals surface area contributed by atoms with E-state index >= 15 is 0 Å². The fourth-order valence-electron chi connectivity index (χ4n) is 2.34. The lowest BCUT2D eigenvalue weighted by molar-refractivity contribution is 0.628. The van der Waals surface area contributed by atoms with E-state index in [0.29, 0.717) is 0 Å². The molecule has 0 aliphatic rings. The molecule has 0 saturated carbocycles. The van der Waals surface area contributed by atoms with Crippen molar-refractivity contribution in [2.45, 2.75) is 12.8 Å². The van der Waals surface area contributed by atoms with Crippen molar-refractivity contribution in [1.82, 2.24) is 4.98 Å². The summed E-state index contributed by atoms with van der Waals surface area (Å²) in [5.41, 5.74) is 4.69. The molecular weight excluding hydrogens is 261 g/mol. The monoisotopic (exact) mass is 277 g/mol. The predicted molar refractivity (Wildman–Crippen MR) is 83.5 cm³/mol. The molecule has 2 aromatic carbocycles. The van der Waals surface area contributed by atoms with Gasteiger partial charge >= 0.3 is 0 Å². The van der Waals surface area contributed by atoms with Gasteiger partial charge in [0, 0.05) is 12.4 Å². The predicted octanol–water partition coefficient (Wildman–Crippen LogP) is 4.67. The Bertz CT molecular complexity index is 688. The molecule has 0 fully saturated rings. The Hall–Kier alpha value is -2.48. The molecule has 1 aromatic heterocycles. The topological polar surface area (TPSA) is 12.9 Å². The maximum absolute atomic E-state index is 12.9. The van der Waals surface area contributed by atoms with Crippen molar-refractivity contribution < 1.29 is 4.39 Å². The van der Waals surface area contributed by atoms with E-state index in [2.05, 4.69) is 35.3 Å². The number of aromatic nitrogens is 1. The number of rotatable bonds is 4. The molecule has 0 bridgehead atoms. The largest absolute Gasteiger partial charge is 0.264 e. The molecule has 2 heteroatoms. The molecule has 0 radical (unpaired) electrons. The summed E-state index contributed by atoms with van der Waals surface area (Å²) in [6.07, 6.45) is 5.69. The van der Waals surface area contributed by atoms with Gasteiger partial charge in [-0.15, -0.1) is 0 Å². The summed E-state index contributed by atoms with van der Waals surface area (Å²) < 4.78 is 12.9. The number of nitrogens with zero attached hydrogens (tertiary/aromatic N) is 1. The van der Waals surface area contributed by atoms with Crippen molar-refractivity contribution in [3.8, 4) is 11.1 Å². The summed E-state index contributed by atoms with van der Waals surface area (Å²) in [7, 11) is 0. The number of aryl methyl sites for hydroxylation is 2. The average molecular weight is 277 g/mol. The molecule has 21 heavy (non-hydrogen) atoms. The van der Waals surface area contributed by atoms with Gasteiger partial charge in [0.1, 0.15) is 5.82 Å². The smallest absolute Gasteiger partial charge is 0.123 e. The van der Waals surface area contributed by atoms with Gasteiger partial charge in [-0.2, -0.15) is 0 Å². The van der Waals surface area contributed by atoms with Crippen LogP contribution in [0, 0.1) is 5.82 Å². The van der Waals surface area contributed by atoms with Crippen LogP contribution in [-0.4, -0.2) is 4.98 Å². The second-order valence-corrected chi connectivity index (χ2v) is 5.07. The third-order valence-corrected chi connectivity index (χ3v) is 3.56. The van der Waals surface area contributed by atoms with Crippen molar-refractivity contribution in [2.75, 3.05) is 0 Å². The third kappa shape index (κ3) is 3.54. The lowest BCUT2D eigenvalue weighted by Crippen LogP contribution is -1.91. The first kappa shape index (κ1) is 13.5. The van der Waals surface area contributed by atoms with E-state index in [9.17, 15) is 4.39 Å². The highest BCUT2D eigenvalue weighted by atomic mass is 19.1. The highest BCUT2D eigenvalue weighted by Crippen LogP contribution is 2.20. The van der Waals surface area contributed by atoms with Gasteiger partial charge in [0.15, 0.2) is 0 Å². The molecule has 104 valence electrons. The summed E-state index contributed by atoms with van der Waals surface area (Å²) in [4.78, 5) is 4.13. The molecule has 0 aliphatic carbocycles. The zero-order valence-corrected chi connectivity index (χ0v) is 11.7. The molecule has 3 aromatic rings. The van der Waals surface area contributed by atoms with Gasteiger partial charge in [-0.05, 0) is 53.3 Å². The minimum atomic E-state index is -0.202. The average Bonchev–Trinajstić information content (AvgIpc) is 2.55. The fraction of sp³-hybridized carbons (Fsp3) is 0.105. The number of benzene rings is 2. The minimum Gasteiger partial charge on any atom is -0.264 e. The highest BCUT2D eigenvalue weighted by molar-refractivity contribution is 5.63. The molecule has 1 nitrogen and oxygen atoms in total. The van der Waals surface area contributed by atoms with Crippen molar-refractivity contribution in [3.05, 3.63) is 90.0 Å². The van der Waals surface area contributed by atoms with Gasteiger partial charge in [0.2, 0.25) is 0 Å². The molecule has 0 amide bonds. The van der Waals surface area contributed by atoms with Crippen LogP contribution in [-0.2, 0) is 12.8 Å². The fourth-order valence-corrected chi connectivity index (χ4v) is 2.34. The van der Waals surface area contributed by atoms with E-state index in [1.54, 1.807) is 18.3 Å². The van der Waals surface area contributed by atoms with E-state index < -0.39 is 0 Å². The molecule has 0 saturated heterocycles. The van der Waals surface area contributed by atoms with Gasteiger partial charge in [-0.1, -0.05) is 42.5 Å². The van der Waals surface area contributed by atoms with Crippen LogP contribution in [0.15, 0.2) is 73.1 Å². The first-order valence-electron chi connectivity index (χ1n) is 7.05. The van der Waals surface area contributed by atoms with Crippen LogP contribution >= 0.6 is 0 Å². The van der Waals surface area contributed by atoms with Gasteiger partial charge < -0.3 is 0 Å². The zero-order chi connectivity index (χ0) is 14.5. The van der Waals surface area contributed by atoms with E-state index in [1.165, 1.54) is 23.3 Å². The third-order valence-electron chi connectivity index (χ3n) is 3.56. The van der Waals surface area contributed by atoms with Crippen LogP contribution in [0.4, 0.5) is 4.39 Å². The zero-order valence-electron chi connectivity index (χ0n) is 11.7. The van der Waals surface area contributed by atoms with E-state index in [1.807, 2.05) is 12.3 Å². The lowest BCUT2D eigenvalue weighted by Gasteiger charge is -2.05. The SMILES string of the molecule is Fc1ccc(-c2ccc(CCc3cccnc3)cc2)cc1. The van der Waals surface area contributed by atoms with Crippen LogP contribution in [0.3, 0.4) is 0 Å². The number of pyridine rings is 1. The van der Waals surface area contributed by atoms with E-state index in [-0.39, 0.29) is 5.82 Å². The van der Waals surface area contributed by atoms with E-state index in [0.717, 1.165) is 24.0 Å². The Kier molecular flexibility index (Phi) is 4.06. The second-order valence-electron chi connectivity index (χ2n) is 5.07. The Balaban J connectivity index is 1.68. The standard InChI is InChI=1S/C19H16FN/c20-19-11-9-18(10-12-19)17-7-5-15(6-8-17)3-4-16-2-1-13-21-14-16/h1-2,5-14H,3-4H2. The van der Waals surface area contributed by atoms with Crippen LogP contribution in [0.2, 0.25) is 0 Å². The molecule has 0 atom stereocenters. The Morgan fingerprint density at radius 3 is 1.95 bits per heavy atom. The molecule has 0 spiro atoms. The number of hydrogen-bond acceptors (Lipinski definition) is 1. The second kappa shape index (κ2) is 6.31. The van der Waals surface area contributed by atoms with Gasteiger partial charge in [-0.3, -0.25) is 4.98 Å². The highest BCUT2D eigenvalue weighted by Gasteiger charge is 2.00. The normalized spacial score (nSPS) is 10.5. The molecule has 0 aliphatic heterocycles. The molecular formula is C19H16FN. The summed E-state index contributed by atoms with van der Waals surface area (Å²) in [5, 5.41) is 0. The first-order valence-corrected chi connectivity index (χ1v) is 7.05. The van der Waals surface area contributed by atoms with E-state index in [4.69, 9.17) is 0 Å². The molecule has 0 unspecified atom stereocenters. The first-order chi connectivity index (χ1) is 10.3. The Morgan fingerprint density at radius 1 is 0.714 bits per heavy atom. The maximum atomic E-state index is 12.9. The minimum absolute atomic E-state index is 0.202. The lowest BCUT2D eigenvalue weighted by atomic mass is 10.0. The summed E-state index contributed by atoms with van der Waals surface area (Å²) >= 11 is 0. The van der Waals surface area contributed by atoms with Crippen molar-refractivity contribution in [3.63, 3.8) is 0 Å². The number of hydrogen-bond donors (Lipinski definition) is 0. The van der Waals surface area contributed by atoms with Gasteiger partial charge in [0.05, 0.1) is 0 Å². The van der Waals surface area contributed by atoms with Gasteiger partial charge in [-0.25, -0.2) is 4.39 Å². The molecule has 1 heterocycles. The number of halogens is 1.